The summed E-state index contributed by atoms with van der Waals surface area (Å²) in [6.07, 6.45) is 2.32. The van der Waals surface area contributed by atoms with E-state index in [-0.39, 0.29) is 28.5 Å². The van der Waals surface area contributed by atoms with Crippen molar-refractivity contribution in [3.8, 4) is 0 Å². The van der Waals surface area contributed by atoms with Crippen molar-refractivity contribution in [2.24, 2.45) is 0 Å². The fourth-order valence-corrected chi connectivity index (χ4v) is 5.13. The first-order valence-electron chi connectivity index (χ1n) is 12.4. The molecular weight excluding hydrogens is 455 g/mol. The molecule has 4 aromatic rings. The summed E-state index contributed by atoms with van der Waals surface area (Å²) in [4.78, 5) is 33.5. The minimum absolute atomic E-state index is 0.0432. The Hall–Kier alpha value is -4.00. The van der Waals surface area contributed by atoms with Gasteiger partial charge < -0.3 is 10.2 Å². The predicted molar refractivity (Wildman–Crippen MR) is 139 cm³/mol. The van der Waals surface area contributed by atoms with Gasteiger partial charge in [-0.25, -0.2) is 14.2 Å². The lowest BCUT2D eigenvalue weighted by Gasteiger charge is -2.34. The Balaban J connectivity index is 1.59. The highest BCUT2D eigenvalue weighted by Crippen LogP contribution is 2.37. The van der Waals surface area contributed by atoms with E-state index in [2.05, 4.69) is 17.2 Å². The normalized spacial score (nSPS) is 15.5. The van der Waals surface area contributed by atoms with Crippen molar-refractivity contribution < 1.29 is 9.18 Å². The number of fused-ring (bicyclic) bond motifs is 2. The van der Waals surface area contributed by atoms with Crippen molar-refractivity contribution in [3.05, 3.63) is 106 Å². The standard InChI is InChI=1S/C29H29FN4O2/c1-3-10-21-13-7-8-16-24(21)31-29(36)34(19(2)20-11-5-4-6-12-20)25-17-18-33-27(25)32-26-22(28(33)35)14-9-15-23(26)30/h4-9,11-16,19,25H,3,10,17-18H2,1-2H3,(H,31,36)/t19-,25?/m0/s1. The number of nitrogens with one attached hydrogen (secondary N) is 1. The fraction of sp³-hybridized carbons (Fsp3) is 0.276. The summed E-state index contributed by atoms with van der Waals surface area (Å²) in [6, 6.07) is 20.9. The molecule has 1 N–H and O–H groups in total. The van der Waals surface area contributed by atoms with Gasteiger partial charge in [0.15, 0.2) is 0 Å². The Morgan fingerprint density at radius 1 is 1.11 bits per heavy atom. The molecule has 3 aromatic carbocycles. The van der Waals surface area contributed by atoms with Gasteiger partial charge in [-0.3, -0.25) is 9.36 Å². The monoisotopic (exact) mass is 484 g/mol. The summed E-state index contributed by atoms with van der Waals surface area (Å²) in [5.74, 6) is -0.128. The number of carbonyl (C=O) groups is 1. The van der Waals surface area contributed by atoms with Gasteiger partial charge in [0.05, 0.1) is 17.5 Å². The summed E-state index contributed by atoms with van der Waals surface area (Å²) >= 11 is 0. The number of hydrogen-bond donors (Lipinski definition) is 1. The second-order valence-electron chi connectivity index (χ2n) is 9.20. The van der Waals surface area contributed by atoms with Crippen LogP contribution in [0.4, 0.5) is 14.9 Å². The zero-order chi connectivity index (χ0) is 25.2. The molecule has 0 spiro atoms. The van der Waals surface area contributed by atoms with Gasteiger partial charge in [0.1, 0.15) is 17.2 Å². The first kappa shape index (κ1) is 23.7. The number of benzene rings is 3. The van der Waals surface area contributed by atoms with Gasteiger partial charge in [-0.05, 0) is 49.1 Å². The minimum atomic E-state index is -0.542. The highest BCUT2D eigenvalue weighted by atomic mass is 19.1. The molecule has 0 saturated heterocycles. The van der Waals surface area contributed by atoms with Gasteiger partial charge in [0.25, 0.3) is 5.56 Å². The maximum atomic E-state index is 14.6. The number of urea groups is 1. The first-order valence-corrected chi connectivity index (χ1v) is 12.4. The Kier molecular flexibility index (Phi) is 6.55. The molecule has 2 amide bonds. The number of hydrogen-bond acceptors (Lipinski definition) is 3. The third-order valence-electron chi connectivity index (χ3n) is 6.94. The van der Waals surface area contributed by atoms with Gasteiger partial charge in [-0.1, -0.05) is 67.9 Å². The summed E-state index contributed by atoms with van der Waals surface area (Å²) in [7, 11) is 0. The number of aryl methyl sites for hydroxylation is 1. The zero-order valence-electron chi connectivity index (χ0n) is 20.4. The van der Waals surface area contributed by atoms with E-state index in [1.165, 1.54) is 12.1 Å². The number of aromatic nitrogens is 2. The number of carbonyl (C=O) groups excluding carboxylic acids is 1. The molecule has 5 rings (SSSR count). The molecule has 1 aliphatic heterocycles. The Morgan fingerprint density at radius 2 is 1.86 bits per heavy atom. The van der Waals surface area contributed by atoms with Crippen LogP contribution < -0.4 is 10.9 Å². The molecule has 0 aliphatic carbocycles. The molecule has 2 heterocycles. The SMILES string of the molecule is CCCc1ccccc1NC(=O)N(C1CCn2c1nc1c(F)cccc1c2=O)[C@@H](C)c1ccccc1. The van der Waals surface area contributed by atoms with E-state index in [0.717, 1.165) is 29.7 Å². The Labute approximate surface area is 209 Å². The van der Waals surface area contributed by atoms with Crippen molar-refractivity contribution >= 4 is 22.6 Å². The van der Waals surface area contributed by atoms with Crippen molar-refractivity contribution in [2.45, 2.75) is 51.7 Å². The molecule has 2 atom stereocenters. The van der Waals surface area contributed by atoms with Gasteiger partial charge in [0.2, 0.25) is 0 Å². The lowest BCUT2D eigenvalue weighted by molar-refractivity contribution is 0.159. The van der Waals surface area contributed by atoms with Gasteiger partial charge in [-0.2, -0.15) is 0 Å². The van der Waals surface area contributed by atoms with Crippen LogP contribution in [0.15, 0.2) is 77.6 Å². The largest absolute Gasteiger partial charge is 0.322 e. The minimum Gasteiger partial charge on any atom is -0.308 e. The van der Waals surface area contributed by atoms with Crippen molar-refractivity contribution in [3.63, 3.8) is 0 Å². The summed E-state index contributed by atoms with van der Waals surface area (Å²) in [5.41, 5.74) is 2.55. The van der Waals surface area contributed by atoms with Crippen LogP contribution in [0.25, 0.3) is 10.9 Å². The first-order chi connectivity index (χ1) is 17.5. The van der Waals surface area contributed by atoms with E-state index in [1.54, 1.807) is 15.5 Å². The topological polar surface area (TPSA) is 67.2 Å². The molecule has 1 aliphatic rings. The quantitative estimate of drug-likeness (QED) is 0.353. The van der Waals surface area contributed by atoms with E-state index < -0.39 is 11.9 Å². The van der Waals surface area contributed by atoms with E-state index in [9.17, 15) is 14.0 Å². The molecule has 1 unspecified atom stereocenters. The number of anilines is 1. The second kappa shape index (κ2) is 9.93. The number of rotatable bonds is 6. The van der Waals surface area contributed by atoms with E-state index in [4.69, 9.17) is 0 Å². The molecule has 0 radical (unpaired) electrons. The van der Waals surface area contributed by atoms with Crippen LogP contribution in [0.1, 0.15) is 55.7 Å². The third kappa shape index (κ3) is 4.26. The Morgan fingerprint density at radius 3 is 2.64 bits per heavy atom. The van der Waals surface area contributed by atoms with Crippen molar-refractivity contribution in [2.75, 3.05) is 5.32 Å². The molecule has 1 aromatic heterocycles. The zero-order valence-corrected chi connectivity index (χ0v) is 20.4. The van der Waals surface area contributed by atoms with Crippen molar-refractivity contribution in [1.29, 1.82) is 0 Å². The molecular formula is C29H29FN4O2. The third-order valence-corrected chi connectivity index (χ3v) is 6.94. The van der Waals surface area contributed by atoms with Gasteiger partial charge >= 0.3 is 6.03 Å². The van der Waals surface area contributed by atoms with Gasteiger partial charge in [0, 0.05) is 12.2 Å². The molecule has 0 saturated carbocycles. The highest BCUT2D eigenvalue weighted by Gasteiger charge is 2.37. The second-order valence-corrected chi connectivity index (χ2v) is 9.20. The van der Waals surface area contributed by atoms with Gasteiger partial charge in [-0.15, -0.1) is 0 Å². The van der Waals surface area contributed by atoms with Crippen LogP contribution in [-0.4, -0.2) is 20.5 Å². The highest BCUT2D eigenvalue weighted by molar-refractivity contribution is 5.91. The van der Waals surface area contributed by atoms with Crippen LogP contribution in [0, 0.1) is 5.82 Å². The van der Waals surface area contributed by atoms with Crippen LogP contribution in [0.5, 0.6) is 0 Å². The molecule has 36 heavy (non-hydrogen) atoms. The molecule has 184 valence electrons. The van der Waals surface area contributed by atoms with Crippen LogP contribution in [-0.2, 0) is 13.0 Å². The predicted octanol–water partition coefficient (Wildman–Crippen LogP) is 6.23. The average Bonchev–Trinajstić information content (AvgIpc) is 3.30. The van der Waals surface area contributed by atoms with Crippen LogP contribution >= 0.6 is 0 Å². The van der Waals surface area contributed by atoms with Crippen molar-refractivity contribution in [1.82, 2.24) is 14.5 Å². The maximum Gasteiger partial charge on any atom is 0.322 e. The van der Waals surface area contributed by atoms with E-state index in [1.807, 2.05) is 61.5 Å². The smallest absolute Gasteiger partial charge is 0.308 e. The summed E-state index contributed by atoms with van der Waals surface area (Å²) < 4.78 is 16.2. The van der Waals surface area contributed by atoms with Crippen LogP contribution in [0.3, 0.4) is 0 Å². The molecule has 7 heteroatoms. The summed E-state index contributed by atoms with van der Waals surface area (Å²) in [6.45, 7) is 4.48. The summed E-state index contributed by atoms with van der Waals surface area (Å²) in [5, 5.41) is 3.36. The number of nitrogens with zero attached hydrogens (tertiary/aromatic N) is 3. The lowest BCUT2D eigenvalue weighted by Crippen LogP contribution is -2.40. The molecule has 0 bridgehead atoms. The maximum absolute atomic E-state index is 14.6. The van der Waals surface area contributed by atoms with E-state index in [0.29, 0.717) is 18.8 Å². The number of amides is 2. The number of halogens is 1. The average molecular weight is 485 g/mol. The molecule has 6 nitrogen and oxygen atoms in total. The fourth-order valence-electron chi connectivity index (χ4n) is 5.13. The molecule has 0 fully saturated rings. The van der Waals surface area contributed by atoms with E-state index >= 15 is 0 Å². The lowest BCUT2D eigenvalue weighted by atomic mass is 10.0. The Bertz CT molecular complexity index is 1470. The number of para-hydroxylation sites is 2. The van der Waals surface area contributed by atoms with Crippen LogP contribution in [0.2, 0.25) is 0 Å².